The Bertz CT molecular complexity index is 413. The summed E-state index contributed by atoms with van der Waals surface area (Å²) in [5, 5.41) is 10.9. The highest BCUT2D eigenvalue weighted by Crippen LogP contribution is 2.35. The molecule has 110 valence electrons. The fraction of sp³-hybridized carbons (Fsp3) is 0.667. The second kappa shape index (κ2) is 6.28. The van der Waals surface area contributed by atoms with Crippen molar-refractivity contribution in [2.75, 3.05) is 13.1 Å². The molecule has 2 fully saturated rings. The molecule has 1 heterocycles. The van der Waals surface area contributed by atoms with Crippen molar-refractivity contribution in [3.63, 3.8) is 0 Å². The Morgan fingerprint density at radius 1 is 1.10 bits per heavy atom. The second-order valence-electron chi connectivity index (χ2n) is 6.88. The first-order valence-corrected chi connectivity index (χ1v) is 8.22. The van der Waals surface area contributed by atoms with Gasteiger partial charge in [0.15, 0.2) is 0 Å². The van der Waals surface area contributed by atoms with Gasteiger partial charge in [-0.3, -0.25) is 4.90 Å². The Morgan fingerprint density at radius 2 is 1.85 bits per heavy atom. The zero-order valence-electron chi connectivity index (χ0n) is 12.4. The number of rotatable bonds is 4. The summed E-state index contributed by atoms with van der Waals surface area (Å²) in [5.41, 5.74) is 0.930. The molecule has 0 spiro atoms. The molecule has 1 saturated heterocycles. The molecule has 1 aromatic carbocycles. The van der Waals surface area contributed by atoms with Gasteiger partial charge in [-0.2, -0.15) is 0 Å². The van der Waals surface area contributed by atoms with E-state index in [0.29, 0.717) is 0 Å². The van der Waals surface area contributed by atoms with Crippen LogP contribution in [0.4, 0.5) is 0 Å². The zero-order chi connectivity index (χ0) is 13.8. The first-order chi connectivity index (χ1) is 9.73. The number of aliphatic hydroxyl groups is 1. The van der Waals surface area contributed by atoms with E-state index in [1.165, 1.54) is 31.2 Å². The van der Waals surface area contributed by atoms with Gasteiger partial charge < -0.3 is 5.11 Å². The van der Waals surface area contributed by atoms with Gasteiger partial charge in [-0.25, -0.2) is 0 Å². The summed E-state index contributed by atoms with van der Waals surface area (Å²) in [7, 11) is 0. The lowest BCUT2D eigenvalue weighted by atomic mass is 9.83. The van der Waals surface area contributed by atoms with Crippen LogP contribution >= 0.6 is 0 Å². The van der Waals surface area contributed by atoms with Crippen LogP contribution in [0.5, 0.6) is 0 Å². The smallest absolute Gasteiger partial charge is 0.0777 e. The third kappa shape index (κ3) is 3.62. The van der Waals surface area contributed by atoms with Crippen molar-refractivity contribution in [2.24, 2.45) is 5.92 Å². The van der Waals surface area contributed by atoms with Crippen LogP contribution in [0.15, 0.2) is 30.3 Å². The van der Waals surface area contributed by atoms with Gasteiger partial charge in [-0.15, -0.1) is 0 Å². The van der Waals surface area contributed by atoms with Crippen LogP contribution in [0.25, 0.3) is 0 Å². The largest absolute Gasteiger partial charge is 0.389 e. The summed E-state index contributed by atoms with van der Waals surface area (Å²) >= 11 is 0. The lowest BCUT2D eigenvalue weighted by Crippen LogP contribution is -2.48. The van der Waals surface area contributed by atoms with Crippen molar-refractivity contribution in [1.82, 2.24) is 4.90 Å². The molecule has 2 aliphatic rings. The Hall–Kier alpha value is -0.860. The molecule has 0 amide bonds. The van der Waals surface area contributed by atoms with E-state index in [4.69, 9.17) is 0 Å². The minimum atomic E-state index is -0.429. The van der Waals surface area contributed by atoms with Crippen molar-refractivity contribution < 1.29 is 5.11 Å². The molecule has 0 bridgehead atoms. The van der Waals surface area contributed by atoms with E-state index in [9.17, 15) is 5.11 Å². The molecule has 0 aromatic heterocycles. The van der Waals surface area contributed by atoms with Gasteiger partial charge in [0.05, 0.1) is 5.60 Å². The highest BCUT2D eigenvalue weighted by Gasteiger charge is 2.35. The van der Waals surface area contributed by atoms with Crippen molar-refractivity contribution in [3.05, 3.63) is 35.9 Å². The van der Waals surface area contributed by atoms with Crippen molar-refractivity contribution in [3.8, 4) is 0 Å². The molecule has 1 aromatic rings. The van der Waals surface area contributed by atoms with Gasteiger partial charge in [0.2, 0.25) is 0 Å². The molecule has 3 rings (SSSR count). The average Bonchev–Trinajstić information content (AvgIpc) is 2.92. The first kappa shape index (κ1) is 14.1. The van der Waals surface area contributed by atoms with E-state index in [1.54, 1.807) is 0 Å². The SMILES string of the molecule is OC1(CC2CCCC2)CCCN(Cc2ccccc2)C1. The number of benzene rings is 1. The molecule has 1 aliphatic carbocycles. The third-order valence-electron chi connectivity index (χ3n) is 5.03. The minimum absolute atomic E-state index is 0.429. The van der Waals surface area contributed by atoms with Gasteiger partial charge in [0.1, 0.15) is 0 Å². The van der Waals surface area contributed by atoms with E-state index in [2.05, 4.69) is 35.2 Å². The van der Waals surface area contributed by atoms with Crippen LogP contribution in [-0.4, -0.2) is 28.7 Å². The topological polar surface area (TPSA) is 23.5 Å². The molecule has 0 radical (unpaired) electrons. The molecule has 2 nitrogen and oxygen atoms in total. The lowest BCUT2D eigenvalue weighted by molar-refractivity contribution is -0.0494. The standard InChI is InChI=1S/C18H27NO/c20-18(13-16-7-4-5-8-16)11-6-12-19(15-18)14-17-9-2-1-3-10-17/h1-3,9-10,16,20H,4-8,11-15H2. The Morgan fingerprint density at radius 3 is 2.60 bits per heavy atom. The van der Waals surface area contributed by atoms with Crippen LogP contribution in [-0.2, 0) is 6.54 Å². The monoisotopic (exact) mass is 273 g/mol. The number of β-amino-alcohol motifs (C(OH)–C–C–N with tert-alkyl or cyclic N) is 1. The van der Waals surface area contributed by atoms with Gasteiger partial charge in [-0.05, 0) is 37.3 Å². The average molecular weight is 273 g/mol. The van der Waals surface area contributed by atoms with Gasteiger partial charge in [0.25, 0.3) is 0 Å². The molecule has 2 heteroatoms. The van der Waals surface area contributed by atoms with Crippen molar-refractivity contribution in [1.29, 1.82) is 0 Å². The molecule has 1 unspecified atom stereocenters. The maximum Gasteiger partial charge on any atom is 0.0777 e. The number of hydrogen-bond acceptors (Lipinski definition) is 2. The van der Waals surface area contributed by atoms with E-state index in [-0.39, 0.29) is 0 Å². The van der Waals surface area contributed by atoms with E-state index in [1.807, 2.05) is 0 Å². The van der Waals surface area contributed by atoms with Crippen molar-refractivity contribution in [2.45, 2.75) is 57.1 Å². The van der Waals surface area contributed by atoms with E-state index >= 15 is 0 Å². The Balaban J connectivity index is 1.57. The first-order valence-electron chi connectivity index (χ1n) is 8.22. The van der Waals surface area contributed by atoms with E-state index in [0.717, 1.165) is 44.8 Å². The fourth-order valence-corrected chi connectivity index (χ4v) is 4.10. The van der Waals surface area contributed by atoms with Gasteiger partial charge in [-0.1, -0.05) is 56.0 Å². The molecular formula is C18H27NO. The van der Waals surface area contributed by atoms with E-state index < -0.39 is 5.60 Å². The third-order valence-corrected chi connectivity index (χ3v) is 5.03. The summed E-state index contributed by atoms with van der Waals surface area (Å²) in [6.45, 7) is 2.97. The van der Waals surface area contributed by atoms with Crippen LogP contribution in [0.2, 0.25) is 0 Å². The normalized spacial score (nSPS) is 28.9. The van der Waals surface area contributed by atoms with Gasteiger partial charge >= 0.3 is 0 Å². The molecule has 20 heavy (non-hydrogen) atoms. The Kier molecular flexibility index (Phi) is 4.42. The highest BCUT2D eigenvalue weighted by molar-refractivity contribution is 5.14. The number of hydrogen-bond donors (Lipinski definition) is 1. The van der Waals surface area contributed by atoms with Crippen LogP contribution in [0, 0.1) is 5.92 Å². The van der Waals surface area contributed by atoms with Crippen LogP contribution in [0.3, 0.4) is 0 Å². The molecule has 1 N–H and O–H groups in total. The summed E-state index contributed by atoms with van der Waals surface area (Å²) in [5.74, 6) is 0.775. The molecule has 1 saturated carbocycles. The summed E-state index contributed by atoms with van der Waals surface area (Å²) in [4.78, 5) is 2.44. The molecular weight excluding hydrogens is 246 g/mol. The highest BCUT2D eigenvalue weighted by atomic mass is 16.3. The lowest BCUT2D eigenvalue weighted by Gasteiger charge is -2.40. The summed E-state index contributed by atoms with van der Waals surface area (Å²) < 4.78 is 0. The number of nitrogens with zero attached hydrogens (tertiary/aromatic N) is 1. The maximum absolute atomic E-state index is 10.9. The number of likely N-dealkylation sites (tertiary alicyclic amines) is 1. The molecule has 1 aliphatic heterocycles. The minimum Gasteiger partial charge on any atom is -0.389 e. The summed E-state index contributed by atoms with van der Waals surface area (Å²) in [6.07, 6.45) is 8.56. The number of piperidine rings is 1. The van der Waals surface area contributed by atoms with Crippen LogP contribution < -0.4 is 0 Å². The summed E-state index contributed by atoms with van der Waals surface area (Å²) in [6, 6.07) is 10.6. The van der Waals surface area contributed by atoms with Crippen molar-refractivity contribution >= 4 is 0 Å². The maximum atomic E-state index is 10.9. The van der Waals surface area contributed by atoms with Crippen LogP contribution in [0.1, 0.15) is 50.5 Å². The predicted molar refractivity (Wildman–Crippen MR) is 82.5 cm³/mol. The molecule has 1 atom stereocenters. The fourth-order valence-electron chi connectivity index (χ4n) is 4.10. The van der Waals surface area contributed by atoms with Gasteiger partial charge in [0, 0.05) is 13.1 Å². The second-order valence-corrected chi connectivity index (χ2v) is 6.88. The zero-order valence-corrected chi connectivity index (χ0v) is 12.4. The Labute approximate surface area is 122 Å². The quantitative estimate of drug-likeness (QED) is 0.906. The predicted octanol–water partition coefficient (Wildman–Crippen LogP) is 3.59.